The summed E-state index contributed by atoms with van der Waals surface area (Å²) in [5, 5.41) is 242. The van der Waals surface area contributed by atoms with E-state index in [0.29, 0.717) is 0 Å². The lowest BCUT2D eigenvalue weighted by Crippen LogP contribution is -2.68. The molecule has 0 aromatic rings. The van der Waals surface area contributed by atoms with Gasteiger partial charge in [0.25, 0.3) is 5.97 Å². The average molecular weight is 1240 g/mol. The van der Waals surface area contributed by atoms with E-state index in [9.17, 15) is 112 Å². The van der Waals surface area contributed by atoms with Crippen molar-refractivity contribution in [1.82, 2.24) is 0 Å². The molecule has 0 radical (unpaired) electrons. The maximum absolute atomic E-state index is 11.6. The van der Waals surface area contributed by atoms with Crippen LogP contribution in [0.2, 0.25) is 0 Å². The molecule has 30 fully saturated rings. The second-order valence-corrected chi connectivity index (χ2v) is 21.7. The van der Waals surface area contributed by atoms with Gasteiger partial charge in [0.05, 0.1) is 65.4 Å². The summed E-state index contributed by atoms with van der Waals surface area (Å²) in [7, 11) is 0. The highest BCUT2D eigenvalue weighted by atomic mass is 16.9. The molecule has 30 aliphatic rings. The van der Waals surface area contributed by atoms with Gasteiger partial charge in [-0.05, 0) is 0 Å². The van der Waals surface area contributed by atoms with E-state index in [2.05, 4.69) is 0 Å². The van der Waals surface area contributed by atoms with E-state index in [1.807, 2.05) is 0 Å². The smallest absolute Gasteiger partial charge is 0.283 e. The highest BCUT2D eigenvalue weighted by molar-refractivity contribution is 5.01. The van der Waals surface area contributed by atoms with E-state index < -0.39 is 286 Å². The number of hydrogen-bond donors (Lipinski definition) is 22. The normalized spacial score (nSPS) is 55.6. The van der Waals surface area contributed by atoms with Crippen molar-refractivity contribution in [3.05, 3.63) is 0 Å². The zero-order valence-corrected chi connectivity index (χ0v) is 44.0. The Bertz CT molecular complexity index is 2050. The monoisotopic (exact) mass is 1240 g/mol. The third-order valence-corrected chi connectivity index (χ3v) is 16.1. The number of aliphatic hydroxyl groups excluding tert-OH is 21. The van der Waals surface area contributed by atoms with Crippen molar-refractivity contribution in [1.29, 1.82) is 0 Å². The molecule has 38 nitrogen and oxygen atoms in total. The molecule has 37 atom stereocenters. The Kier molecular flexibility index (Phi) is 22.2. The average Bonchev–Trinajstić information content (AvgIpc) is 1.92. The first-order chi connectivity index (χ1) is 39.9. The van der Waals surface area contributed by atoms with Crippen molar-refractivity contribution in [3.8, 4) is 0 Å². The van der Waals surface area contributed by atoms with Gasteiger partial charge in [0.1, 0.15) is 171 Å². The molecule has 0 aromatic heterocycles. The van der Waals surface area contributed by atoms with Crippen molar-refractivity contribution in [2.45, 2.75) is 233 Å². The van der Waals surface area contributed by atoms with Gasteiger partial charge >= 0.3 is 0 Å². The number of ether oxygens (including phenoxy) is 16. The van der Waals surface area contributed by atoms with Crippen LogP contribution >= 0.6 is 0 Å². The van der Waals surface area contributed by atoms with Crippen LogP contribution in [0, 0.1) is 0 Å². The Hall–Kier alpha value is -1.52. The van der Waals surface area contributed by atoms with Crippen LogP contribution in [0.1, 0.15) is 6.42 Å². The van der Waals surface area contributed by atoms with Gasteiger partial charge in [0.2, 0.25) is 0 Å². The molecule has 22 N–H and O–H groups in total. The van der Waals surface area contributed by atoms with Crippen molar-refractivity contribution in [3.63, 3.8) is 0 Å². The summed E-state index contributed by atoms with van der Waals surface area (Å²) in [6.45, 7) is -7.64. The fourth-order valence-corrected chi connectivity index (χ4v) is 11.4. The van der Waals surface area contributed by atoms with Crippen LogP contribution in [0.5, 0.6) is 0 Å². The molecule has 30 aliphatic heterocycles. The van der Waals surface area contributed by atoms with E-state index in [0.717, 1.165) is 0 Å². The van der Waals surface area contributed by atoms with Gasteiger partial charge in [-0.2, -0.15) is 0 Å². The summed E-state index contributed by atoms with van der Waals surface area (Å²) in [6.07, 6.45) is -71.4. The first kappa shape index (κ1) is 66.9. The summed E-state index contributed by atoms with van der Waals surface area (Å²) in [4.78, 5) is 0. The molecule has 84 heavy (non-hydrogen) atoms. The molecular weight excluding hydrogens is 1160 g/mol. The first-order valence-corrected chi connectivity index (χ1v) is 26.9. The van der Waals surface area contributed by atoms with E-state index >= 15 is 0 Å². The predicted molar refractivity (Wildman–Crippen MR) is 249 cm³/mol. The van der Waals surface area contributed by atoms with Gasteiger partial charge in [-0.25, -0.2) is 0 Å². The Labute approximate surface area is 473 Å². The third-order valence-electron chi connectivity index (χ3n) is 16.1. The van der Waals surface area contributed by atoms with Gasteiger partial charge in [-0.3, -0.25) is 0 Å². The molecule has 0 amide bonds. The van der Waals surface area contributed by atoms with Crippen LogP contribution in [0.15, 0.2) is 0 Å². The van der Waals surface area contributed by atoms with Gasteiger partial charge in [0, 0.05) is 0 Å². The van der Waals surface area contributed by atoms with E-state index in [4.69, 9.17) is 75.8 Å². The van der Waals surface area contributed by atoms with Gasteiger partial charge in [-0.15, -0.1) is 0 Å². The van der Waals surface area contributed by atoms with E-state index in [1.165, 1.54) is 0 Å². The molecule has 0 unspecified atom stereocenters. The fourth-order valence-electron chi connectivity index (χ4n) is 11.4. The molecule has 38 heteroatoms. The first-order valence-electron chi connectivity index (χ1n) is 26.9. The summed E-state index contributed by atoms with van der Waals surface area (Å²) in [5.74, 6) is -3.04. The topological polar surface area (TPSA) is 593 Å². The Morgan fingerprint density at radius 2 is 0.524 bits per heavy atom. The molecule has 30 rings (SSSR count). The number of aliphatic hydroxyl groups is 22. The van der Waals surface area contributed by atoms with Crippen molar-refractivity contribution >= 4 is 0 Å². The van der Waals surface area contributed by atoms with Crippen LogP contribution in [-0.2, 0) is 75.8 Å². The van der Waals surface area contributed by atoms with Crippen LogP contribution in [0.4, 0.5) is 0 Å². The van der Waals surface area contributed by atoms with Crippen LogP contribution in [-0.4, -0.2) is 392 Å². The second kappa shape index (κ2) is 27.9. The molecule has 30 heterocycles. The predicted octanol–water partition coefficient (Wildman–Crippen LogP) is -15.8. The minimum Gasteiger partial charge on any atom is -0.394 e. The van der Waals surface area contributed by atoms with Crippen molar-refractivity contribution in [2.24, 2.45) is 0 Å². The Morgan fingerprint density at radius 1 is 0.262 bits per heavy atom. The lowest BCUT2D eigenvalue weighted by atomic mass is 9.95. The van der Waals surface area contributed by atoms with Crippen molar-refractivity contribution in [2.75, 3.05) is 52.9 Å². The summed E-state index contributed by atoms with van der Waals surface area (Å²) < 4.78 is 90.4. The minimum absolute atomic E-state index is 0.659. The van der Waals surface area contributed by atoms with E-state index in [1.54, 1.807) is 0 Å². The highest BCUT2D eigenvalue weighted by Gasteiger charge is 2.60. The SMILES string of the molecule is OC[C@H]1O[C@@H]2O[C@H]3[C@H](O)[C@@H](O)[C@@H](O[C@@H]4CO[C@H](O[C@@H]5CO[C@H](O[C@H]6[C@H](O)[C@@H](O)[C@@H](O[C@H]7[C@H](O)C[C@@](O)(O[C@H]8[C@H](O)[C@@H](O)[C@@H](O[C@H]9[C@H](O)[C@@H](O)[C@@H](O[C@H]1[C@H](O)[C@H]2O)O[C@@H]9CO)O[C@@H]8CO)O[C@@H]7CO)O[C@@H]6CO)[C@H](O)[C@H]5O)[C@H](O)[C@H]4O)O[C@@H]3CO. The van der Waals surface area contributed by atoms with Crippen LogP contribution in [0.3, 0.4) is 0 Å². The summed E-state index contributed by atoms with van der Waals surface area (Å²) >= 11 is 0. The third kappa shape index (κ3) is 13.3. The fraction of sp³-hybridized carbons (Fsp3) is 1.00. The molecule has 0 spiro atoms. The second-order valence-electron chi connectivity index (χ2n) is 21.7. The van der Waals surface area contributed by atoms with Gasteiger partial charge in [0.15, 0.2) is 44.0 Å². The molecule has 16 bridgehead atoms. The lowest BCUT2D eigenvalue weighted by Gasteiger charge is -2.50. The van der Waals surface area contributed by atoms with Crippen LogP contribution in [0.25, 0.3) is 0 Å². The molecule has 30 saturated heterocycles. The van der Waals surface area contributed by atoms with Gasteiger partial charge < -0.3 is 188 Å². The van der Waals surface area contributed by atoms with E-state index in [-0.39, 0.29) is 0 Å². The molecular formula is C46H76O38. The summed E-state index contributed by atoms with van der Waals surface area (Å²) in [6, 6.07) is 0. The zero-order valence-electron chi connectivity index (χ0n) is 44.0. The van der Waals surface area contributed by atoms with Crippen molar-refractivity contribution < 1.29 is 188 Å². The Morgan fingerprint density at radius 3 is 0.869 bits per heavy atom. The van der Waals surface area contributed by atoms with Gasteiger partial charge in [-0.1, -0.05) is 0 Å². The van der Waals surface area contributed by atoms with Crippen LogP contribution < -0.4 is 0 Å². The number of hydrogen-bond acceptors (Lipinski definition) is 38. The molecule has 0 saturated carbocycles. The molecule has 0 aliphatic carbocycles. The number of rotatable bonds is 6. The largest absolute Gasteiger partial charge is 0.394 e. The highest BCUT2D eigenvalue weighted by Crippen LogP contribution is 2.40. The molecule has 488 valence electrons. The summed E-state index contributed by atoms with van der Waals surface area (Å²) in [5.41, 5.74) is 0. The maximum atomic E-state index is 11.6. The minimum atomic E-state index is -3.04. The zero-order chi connectivity index (χ0) is 61.0. The maximum Gasteiger partial charge on any atom is 0.283 e. The molecule has 0 aromatic carbocycles. The Balaban J connectivity index is 0.948. The quantitative estimate of drug-likeness (QED) is 0.117. The standard InChI is InChI=1S/C46H76O38/c47-2-11-34-22(57)29(64)42(72-11)78-33-10(53)1-46(68,83-16(33)7-52)84-38-15(6-51)75-45(32(67)25(38)60)82-37-14(5-50)74-44(31(66)24(37)59)81-36-13(4-49)73-43(30(65)23(36)58)80-35-12(3-48)71-41(28(63)21(35)56)77-18-9-69-39(26(61)20(18)55)76-17-8-70-40(79-34)27(62)19(17)54/h10-45,47-68H,1-9H2/t10-,11-,12-,13-,14-,15-,16-,17-,18-,19+,20+,21-,22-,23-,24-,25-,26-,27-,28-,29-,30-,31-,32-,33+,34-,35-,36-,37-,38-,39-,40-,41-,42-,43-,44-,45-,46+/m1/s1. The lowest BCUT2D eigenvalue weighted by molar-refractivity contribution is -0.456.